The van der Waals surface area contributed by atoms with Crippen molar-refractivity contribution in [2.75, 3.05) is 0 Å². The number of rotatable bonds is 5. The van der Waals surface area contributed by atoms with E-state index < -0.39 is 0 Å². The molecular weight excluding hydrogens is 360 g/mol. The van der Waals surface area contributed by atoms with Crippen molar-refractivity contribution in [1.82, 2.24) is 20.1 Å². The number of hydrogen-bond acceptors (Lipinski definition) is 5. The Morgan fingerprint density at radius 2 is 1.81 bits per heavy atom. The minimum Gasteiger partial charge on any atom is -0.508 e. The van der Waals surface area contributed by atoms with E-state index in [0.717, 1.165) is 16.1 Å². The van der Waals surface area contributed by atoms with Crippen molar-refractivity contribution < 1.29 is 9.90 Å². The van der Waals surface area contributed by atoms with Gasteiger partial charge >= 0.3 is 0 Å². The summed E-state index contributed by atoms with van der Waals surface area (Å²) < 4.78 is 1.68. The van der Waals surface area contributed by atoms with Crippen molar-refractivity contribution in [3.8, 4) is 22.1 Å². The zero-order valence-corrected chi connectivity index (χ0v) is 15.1. The van der Waals surface area contributed by atoms with Gasteiger partial charge in [-0.15, -0.1) is 16.4 Å². The van der Waals surface area contributed by atoms with Crippen LogP contribution in [0.3, 0.4) is 0 Å². The van der Waals surface area contributed by atoms with Crippen molar-refractivity contribution in [2.45, 2.75) is 6.54 Å². The highest BCUT2D eigenvalue weighted by atomic mass is 32.1. The van der Waals surface area contributed by atoms with Gasteiger partial charge in [-0.25, -0.2) is 9.67 Å². The van der Waals surface area contributed by atoms with Gasteiger partial charge in [0.05, 0.1) is 10.6 Å². The number of nitrogens with one attached hydrogen (secondary N) is 1. The number of nitrogens with zero attached hydrogens (tertiary/aromatic N) is 3. The number of carbonyl (C=O) groups is 1. The lowest BCUT2D eigenvalue weighted by atomic mass is 10.2. The highest BCUT2D eigenvalue weighted by Crippen LogP contribution is 2.25. The van der Waals surface area contributed by atoms with E-state index in [1.165, 1.54) is 0 Å². The molecule has 4 aromatic rings. The van der Waals surface area contributed by atoms with Crippen LogP contribution in [0.25, 0.3) is 16.4 Å². The molecule has 0 fully saturated rings. The molecule has 0 aliphatic carbocycles. The number of aromatic hydroxyl groups is 1. The van der Waals surface area contributed by atoms with E-state index in [4.69, 9.17) is 0 Å². The van der Waals surface area contributed by atoms with Gasteiger partial charge in [-0.2, -0.15) is 0 Å². The molecule has 6 nitrogen and oxygen atoms in total. The van der Waals surface area contributed by atoms with E-state index in [0.29, 0.717) is 12.4 Å². The minimum atomic E-state index is -0.351. The standard InChI is InChI=1S/C20H16N4O2S/c25-16-10-8-14(9-11-16)13-21-20(26)18-22-19(17-7-4-12-27-17)24(23-18)15-5-2-1-3-6-15/h1-12,25H,13H2,(H,21,26). The Labute approximate surface area is 159 Å². The minimum absolute atomic E-state index is 0.112. The van der Waals surface area contributed by atoms with Crippen LogP contribution in [0.1, 0.15) is 16.2 Å². The van der Waals surface area contributed by atoms with Gasteiger partial charge in [-0.05, 0) is 41.3 Å². The molecule has 7 heteroatoms. The molecule has 0 bridgehead atoms. The van der Waals surface area contributed by atoms with Crippen LogP contribution in [0, 0.1) is 0 Å². The van der Waals surface area contributed by atoms with Crippen LogP contribution in [0.2, 0.25) is 0 Å². The molecule has 1 amide bonds. The highest BCUT2D eigenvalue weighted by molar-refractivity contribution is 7.13. The van der Waals surface area contributed by atoms with Crippen LogP contribution in [0.4, 0.5) is 0 Å². The van der Waals surface area contributed by atoms with Crippen LogP contribution in [0.5, 0.6) is 5.75 Å². The topological polar surface area (TPSA) is 80.0 Å². The lowest BCUT2D eigenvalue weighted by Gasteiger charge is -2.03. The van der Waals surface area contributed by atoms with Gasteiger partial charge in [0.15, 0.2) is 5.82 Å². The Morgan fingerprint density at radius 1 is 1.04 bits per heavy atom. The summed E-state index contributed by atoms with van der Waals surface area (Å²) >= 11 is 1.54. The third kappa shape index (κ3) is 3.73. The third-order valence-corrected chi connectivity index (χ3v) is 4.81. The maximum absolute atomic E-state index is 12.6. The van der Waals surface area contributed by atoms with Gasteiger partial charge in [-0.3, -0.25) is 4.79 Å². The largest absolute Gasteiger partial charge is 0.508 e. The molecule has 0 radical (unpaired) electrons. The predicted molar refractivity (Wildman–Crippen MR) is 104 cm³/mol. The first-order valence-electron chi connectivity index (χ1n) is 8.33. The average molecular weight is 376 g/mol. The number of phenols is 1. The number of phenolic OH excluding ortho intramolecular Hbond substituents is 1. The maximum atomic E-state index is 12.6. The number of thiophene rings is 1. The third-order valence-electron chi connectivity index (χ3n) is 3.94. The summed E-state index contributed by atoms with van der Waals surface area (Å²) in [6.07, 6.45) is 0. The molecule has 0 saturated heterocycles. The monoisotopic (exact) mass is 376 g/mol. The fraction of sp³-hybridized carbons (Fsp3) is 0.0500. The quantitative estimate of drug-likeness (QED) is 0.557. The summed E-state index contributed by atoms with van der Waals surface area (Å²) in [6, 6.07) is 20.2. The second kappa shape index (κ2) is 7.43. The van der Waals surface area contributed by atoms with Crippen LogP contribution in [-0.4, -0.2) is 25.8 Å². The maximum Gasteiger partial charge on any atom is 0.291 e. The van der Waals surface area contributed by atoms with E-state index >= 15 is 0 Å². The van der Waals surface area contributed by atoms with Crippen molar-refractivity contribution >= 4 is 17.2 Å². The lowest BCUT2D eigenvalue weighted by molar-refractivity contribution is 0.0940. The number of aromatic nitrogens is 3. The first kappa shape index (κ1) is 17.0. The molecule has 27 heavy (non-hydrogen) atoms. The van der Waals surface area contributed by atoms with Crippen LogP contribution < -0.4 is 5.32 Å². The Balaban J connectivity index is 1.61. The molecule has 2 heterocycles. The molecule has 0 saturated carbocycles. The molecule has 4 rings (SSSR count). The molecule has 0 atom stereocenters. The van der Waals surface area contributed by atoms with Crippen molar-refractivity contribution in [3.63, 3.8) is 0 Å². The molecule has 134 valence electrons. The van der Waals surface area contributed by atoms with Gasteiger partial charge in [0.25, 0.3) is 5.91 Å². The summed E-state index contributed by atoms with van der Waals surface area (Å²) in [5.74, 6) is 0.580. The smallest absolute Gasteiger partial charge is 0.291 e. The fourth-order valence-corrected chi connectivity index (χ4v) is 3.30. The summed E-state index contributed by atoms with van der Waals surface area (Å²) in [5.41, 5.74) is 1.72. The molecular formula is C20H16N4O2S. The summed E-state index contributed by atoms with van der Waals surface area (Å²) in [5, 5.41) is 18.5. The second-order valence-electron chi connectivity index (χ2n) is 5.83. The summed E-state index contributed by atoms with van der Waals surface area (Å²) in [4.78, 5) is 18.0. The van der Waals surface area contributed by atoms with Crippen LogP contribution in [-0.2, 0) is 6.54 Å². The normalized spacial score (nSPS) is 10.7. The zero-order chi connectivity index (χ0) is 18.6. The van der Waals surface area contributed by atoms with Crippen LogP contribution >= 0.6 is 11.3 Å². The molecule has 0 aliphatic rings. The fourth-order valence-electron chi connectivity index (χ4n) is 2.60. The van der Waals surface area contributed by atoms with Crippen molar-refractivity contribution in [1.29, 1.82) is 0 Å². The number of amides is 1. The van der Waals surface area contributed by atoms with Crippen molar-refractivity contribution in [2.24, 2.45) is 0 Å². The molecule has 0 spiro atoms. The number of benzene rings is 2. The molecule has 2 aromatic carbocycles. The second-order valence-corrected chi connectivity index (χ2v) is 6.78. The van der Waals surface area contributed by atoms with Gasteiger partial charge < -0.3 is 10.4 Å². The van der Waals surface area contributed by atoms with E-state index in [2.05, 4.69) is 15.4 Å². The predicted octanol–water partition coefficient (Wildman–Crippen LogP) is 3.63. The summed E-state index contributed by atoms with van der Waals surface area (Å²) in [6.45, 7) is 0.327. The van der Waals surface area contributed by atoms with E-state index in [-0.39, 0.29) is 17.5 Å². The Hall–Kier alpha value is -3.45. The first-order chi connectivity index (χ1) is 13.2. The Morgan fingerprint density at radius 3 is 2.52 bits per heavy atom. The lowest BCUT2D eigenvalue weighted by Crippen LogP contribution is -2.24. The van der Waals surface area contributed by atoms with E-state index in [1.54, 1.807) is 40.3 Å². The van der Waals surface area contributed by atoms with Gasteiger partial charge in [0.2, 0.25) is 5.82 Å². The van der Waals surface area contributed by atoms with Gasteiger partial charge in [0.1, 0.15) is 5.75 Å². The van der Waals surface area contributed by atoms with Gasteiger partial charge in [0, 0.05) is 6.54 Å². The number of hydrogen-bond donors (Lipinski definition) is 2. The summed E-state index contributed by atoms with van der Waals surface area (Å²) in [7, 11) is 0. The Bertz CT molecular complexity index is 1040. The number of carbonyl (C=O) groups excluding carboxylic acids is 1. The van der Waals surface area contributed by atoms with Crippen LogP contribution in [0.15, 0.2) is 72.1 Å². The van der Waals surface area contributed by atoms with E-state index in [9.17, 15) is 9.90 Å². The zero-order valence-electron chi connectivity index (χ0n) is 14.2. The molecule has 2 N–H and O–H groups in total. The molecule has 0 aliphatic heterocycles. The SMILES string of the molecule is O=C(NCc1ccc(O)cc1)c1nc(-c2cccs2)n(-c2ccccc2)n1. The first-order valence-corrected chi connectivity index (χ1v) is 9.21. The Kier molecular flexibility index (Phi) is 4.67. The van der Waals surface area contributed by atoms with Gasteiger partial charge in [-0.1, -0.05) is 36.4 Å². The highest BCUT2D eigenvalue weighted by Gasteiger charge is 2.19. The molecule has 0 unspecified atom stereocenters. The van der Waals surface area contributed by atoms with Crippen molar-refractivity contribution in [3.05, 3.63) is 83.5 Å². The average Bonchev–Trinajstić information content (AvgIpc) is 3.37. The molecule has 2 aromatic heterocycles. The van der Waals surface area contributed by atoms with E-state index in [1.807, 2.05) is 47.8 Å². The number of para-hydroxylation sites is 1.